The van der Waals surface area contributed by atoms with Crippen LogP contribution in [0.4, 0.5) is 0 Å². The molecule has 0 aromatic heterocycles. The Labute approximate surface area is 115 Å². The SMILES string of the molecule is Cc1cccc(I)c1C(=O)N1CCC(O)CC1. The maximum absolute atomic E-state index is 12.4. The van der Waals surface area contributed by atoms with Crippen LogP contribution in [-0.4, -0.2) is 35.1 Å². The first kappa shape index (κ1) is 12.8. The zero-order valence-electron chi connectivity index (χ0n) is 9.82. The largest absolute Gasteiger partial charge is 0.393 e. The molecule has 1 fully saturated rings. The average Bonchev–Trinajstić information content (AvgIpc) is 2.29. The zero-order chi connectivity index (χ0) is 12.4. The summed E-state index contributed by atoms with van der Waals surface area (Å²) in [6.07, 6.45) is 1.14. The number of nitrogens with zero attached hydrogens (tertiary/aromatic N) is 1. The summed E-state index contributed by atoms with van der Waals surface area (Å²) >= 11 is 2.20. The minimum atomic E-state index is -0.241. The monoisotopic (exact) mass is 345 g/mol. The summed E-state index contributed by atoms with van der Waals surface area (Å²) in [5, 5.41) is 9.45. The van der Waals surface area contributed by atoms with Gasteiger partial charge in [-0.15, -0.1) is 0 Å². The van der Waals surface area contributed by atoms with Gasteiger partial charge in [-0.3, -0.25) is 4.79 Å². The second kappa shape index (κ2) is 5.35. The maximum Gasteiger partial charge on any atom is 0.255 e. The Morgan fingerprint density at radius 1 is 1.41 bits per heavy atom. The topological polar surface area (TPSA) is 40.5 Å². The normalized spacial score (nSPS) is 17.2. The molecule has 1 N–H and O–H groups in total. The molecular weight excluding hydrogens is 329 g/mol. The molecule has 2 rings (SSSR count). The highest BCUT2D eigenvalue weighted by atomic mass is 127. The number of halogens is 1. The number of hydrogen-bond donors (Lipinski definition) is 1. The molecule has 0 atom stereocenters. The minimum absolute atomic E-state index is 0.0967. The molecule has 4 heteroatoms. The van der Waals surface area contributed by atoms with Crippen molar-refractivity contribution in [3.8, 4) is 0 Å². The van der Waals surface area contributed by atoms with Gasteiger partial charge in [0, 0.05) is 16.7 Å². The van der Waals surface area contributed by atoms with Gasteiger partial charge >= 0.3 is 0 Å². The fourth-order valence-corrected chi connectivity index (χ4v) is 2.99. The summed E-state index contributed by atoms with van der Waals surface area (Å²) in [7, 11) is 0. The van der Waals surface area contributed by atoms with Gasteiger partial charge in [0.1, 0.15) is 0 Å². The minimum Gasteiger partial charge on any atom is -0.393 e. The summed E-state index contributed by atoms with van der Waals surface area (Å²) in [6, 6.07) is 5.89. The van der Waals surface area contributed by atoms with Crippen molar-refractivity contribution in [2.24, 2.45) is 0 Å². The molecular formula is C13H16INO2. The number of amides is 1. The van der Waals surface area contributed by atoms with E-state index in [0.29, 0.717) is 25.9 Å². The standard InChI is InChI=1S/C13H16INO2/c1-9-3-2-4-11(14)12(9)13(17)15-7-5-10(16)6-8-15/h2-4,10,16H,5-8H2,1H3. The second-order valence-electron chi connectivity index (χ2n) is 4.46. The van der Waals surface area contributed by atoms with E-state index < -0.39 is 0 Å². The predicted octanol–water partition coefficient (Wildman–Crippen LogP) is 2.20. The van der Waals surface area contributed by atoms with Gasteiger partial charge in [-0.2, -0.15) is 0 Å². The van der Waals surface area contributed by atoms with Crippen LogP contribution in [0.15, 0.2) is 18.2 Å². The molecule has 1 saturated heterocycles. The molecule has 1 aromatic carbocycles. The lowest BCUT2D eigenvalue weighted by atomic mass is 10.0. The lowest BCUT2D eigenvalue weighted by Crippen LogP contribution is -2.40. The van der Waals surface area contributed by atoms with Crippen LogP contribution in [0.1, 0.15) is 28.8 Å². The summed E-state index contributed by atoms with van der Waals surface area (Å²) < 4.78 is 0.999. The van der Waals surface area contributed by atoms with Gasteiger partial charge < -0.3 is 10.0 Å². The van der Waals surface area contributed by atoms with Gasteiger partial charge in [0.05, 0.1) is 11.7 Å². The molecule has 1 aliphatic rings. The average molecular weight is 345 g/mol. The summed E-state index contributed by atoms with van der Waals surface area (Å²) in [4.78, 5) is 14.2. The van der Waals surface area contributed by atoms with Crippen LogP contribution >= 0.6 is 22.6 Å². The van der Waals surface area contributed by atoms with Crippen LogP contribution < -0.4 is 0 Å². The van der Waals surface area contributed by atoms with Crippen LogP contribution in [0.2, 0.25) is 0 Å². The zero-order valence-corrected chi connectivity index (χ0v) is 12.0. The quantitative estimate of drug-likeness (QED) is 0.793. The molecule has 1 aliphatic heterocycles. The van der Waals surface area contributed by atoms with E-state index in [9.17, 15) is 9.90 Å². The second-order valence-corrected chi connectivity index (χ2v) is 5.62. The Kier molecular flexibility index (Phi) is 4.04. The summed E-state index contributed by atoms with van der Waals surface area (Å²) in [6.45, 7) is 3.28. The molecule has 1 aromatic rings. The smallest absolute Gasteiger partial charge is 0.255 e. The van der Waals surface area contributed by atoms with Gasteiger partial charge in [0.2, 0.25) is 0 Å². The molecule has 0 bridgehead atoms. The van der Waals surface area contributed by atoms with E-state index in [-0.39, 0.29) is 12.0 Å². The third kappa shape index (κ3) is 2.80. The van der Waals surface area contributed by atoms with Crippen molar-refractivity contribution in [1.82, 2.24) is 4.90 Å². The van der Waals surface area contributed by atoms with Crippen LogP contribution in [0.5, 0.6) is 0 Å². The number of aryl methyl sites for hydroxylation is 1. The van der Waals surface area contributed by atoms with E-state index >= 15 is 0 Å². The van der Waals surface area contributed by atoms with Crippen molar-refractivity contribution < 1.29 is 9.90 Å². The van der Waals surface area contributed by atoms with Crippen molar-refractivity contribution in [3.63, 3.8) is 0 Å². The van der Waals surface area contributed by atoms with E-state index in [4.69, 9.17) is 0 Å². The third-order valence-corrected chi connectivity index (χ3v) is 4.09. The first-order chi connectivity index (χ1) is 8.09. The van der Waals surface area contributed by atoms with Crippen molar-refractivity contribution in [1.29, 1.82) is 0 Å². The van der Waals surface area contributed by atoms with Crippen LogP contribution in [0, 0.1) is 10.5 Å². The van der Waals surface area contributed by atoms with E-state index in [2.05, 4.69) is 22.6 Å². The van der Waals surface area contributed by atoms with Crippen LogP contribution in [0.3, 0.4) is 0 Å². The van der Waals surface area contributed by atoms with E-state index in [1.54, 1.807) is 0 Å². The molecule has 1 amide bonds. The van der Waals surface area contributed by atoms with Crippen molar-refractivity contribution in [2.75, 3.05) is 13.1 Å². The van der Waals surface area contributed by atoms with E-state index in [1.165, 1.54) is 0 Å². The molecule has 1 heterocycles. The number of benzene rings is 1. The van der Waals surface area contributed by atoms with Gasteiger partial charge in [-0.25, -0.2) is 0 Å². The molecule has 0 radical (unpaired) electrons. The van der Waals surface area contributed by atoms with E-state index in [0.717, 1.165) is 14.7 Å². The molecule has 92 valence electrons. The Balaban J connectivity index is 2.20. The van der Waals surface area contributed by atoms with Crippen LogP contribution in [0.25, 0.3) is 0 Å². The van der Waals surface area contributed by atoms with Crippen LogP contribution in [-0.2, 0) is 0 Å². The van der Waals surface area contributed by atoms with E-state index in [1.807, 2.05) is 30.0 Å². The number of rotatable bonds is 1. The molecule has 0 unspecified atom stereocenters. The number of likely N-dealkylation sites (tertiary alicyclic amines) is 1. The first-order valence-electron chi connectivity index (χ1n) is 5.82. The molecule has 3 nitrogen and oxygen atoms in total. The molecule has 0 aliphatic carbocycles. The Bertz CT molecular complexity index is 405. The summed E-state index contributed by atoms with van der Waals surface area (Å²) in [5.41, 5.74) is 1.83. The Hall–Kier alpha value is -0.620. The number of hydrogen-bond acceptors (Lipinski definition) is 2. The summed E-state index contributed by atoms with van der Waals surface area (Å²) in [5.74, 6) is 0.0967. The number of aliphatic hydroxyl groups is 1. The van der Waals surface area contributed by atoms with Crippen molar-refractivity contribution >= 4 is 28.5 Å². The highest BCUT2D eigenvalue weighted by Gasteiger charge is 2.24. The predicted molar refractivity (Wildman–Crippen MR) is 75.0 cm³/mol. The van der Waals surface area contributed by atoms with Gasteiger partial charge in [0.25, 0.3) is 5.91 Å². The lowest BCUT2D eigenvalue weighted by Gasteiger charge is -2.30. The van der Waals surface area contributed by atoms with Gasteiger partial charge in [0.15, 0.2) is 0 Å². The highest BCUT2D eigenvalue weighted by Crippen LogP contribution is 2.20. The van der Waals surface area contributed by atoms with Gasteiger partial charge in [-0.05, 0) is 54.0 Å². The molecule has 17 heavy (non-hydrogen) atoms. The Morgan fingerprint density at radius 3 is 2.65 bits per heavy atom. The first-order valence-corrected chi connectivity index (χ1v) is 6.90. The number of carbonyl (C=O) groups excluding carboxylic acids is 1. The van der Waals surface area contributed by atoms with Gasteiger partial charge in [-0.1, -0.05) is 12.1 Å². The lowest BCUT2D eigenvalue weighted by molar-refractivity contribution is 0.0545. The number of piperidine rings is 1. The maximum atomic E-state index is 12.4. The fourth-order valence-electron chi connectivity index (χ4n) is 2.13. The van der Waals surface area contributed by atoms with Crippen molar-refractivity contribution in [3.05, 3.63) is 32.9 Å². The number of aliphatic hydroxyl groups excluding tert-OH is 1. The molecule has 0 spiro atoms. The highest BCUT2D eigenvalue weighted by molar-refractivity contribution is 14.1. The molecule has 0 saturated carbocycles. The third-order valence-electron chi connectivity index (χ3n) is 3.19. The fraction of sp³-hybridized carbons (Fsp3) is 0.462. The number of carbonyl (C=O) groups is 1. The Morgan fingerprint density at radius 2 is 2.06 bits per heavy atom. The van der Waals surface area contributed by atoms with Crippen molar-refractivity contribution in [2.45, 2.75) is 25.9 Å².